The molecule has 8 atom stereocenters. The number of phosphoric acid groups is 1. The van der Waals surface area contributed by atoms with Crippen LogP contribution in [0.3, 0.4) is 0 Å². The number of amides is 1. The Morgan fingerprint density at radius 2 is 1.02 bits per heavy atom. The van der Waals surface area contributed by atoms with Gasteiger partial charge in [-0.2, -0.15) is 0 Å². The molecule has 14 heteroatoms. The highest BCUT2D eigenvalue weighted by atomic mass is 31.2. The lowest BCUT2D eigenvalue weighted by atomic mass is 9.85. The number of phosphoric ester groups is 1. The van der Waals surface area contributed by atoms with Gasteiger partial charge in [-0.1, -0.05) is 154 Å². The van der Waals surface area contributed by atoms with Gasteiger partial charge in [0, 0.05) is 0 Å². The molecule has 1 aliphatic carbocycles. The Morgan fingerprint density at radius 1 is 0.607 bits per heavy atom. The van der Waals surface area contributed by atoms with Crippen LogP contribution in [0.4, 0.5) is 0 Å². The van der Waals surface area contributed by atoms with Gasteiger partial charge in [0.15, 0.2) is 0 Å². The molecule has 0 aromatic carbocycles. The lowest BCUT2D eigenvalue weighted by molar-refractivity contribution is -0.220. The van der Waals surface area contributed by atoms with E-state index >= 15 is 0 Å². The van der Waals surface area contributed by atoms with E-state index < -0.39 is 75.2 Å². The lowest BCUT2D eigenvalue weighted by Crippen LogP contribution is -2.64. The highest BCUT2D eigenvalue weighted by molar-refractivity contribution is 7.47. The molecule has 1 saturated carbocycles. The molecule has 56 heavy (non-hydrogen) atoms. The van der Waals surface area contributed by atoms with Crippen molar-refractivity contribution in [3.05, 3.63) is 12.2 Å². The first-order chi connectivity index (χ1) is 26.8. The van der Waals surface area contributed by atoms with E-state index in [0.29, 0.717) is 19.3 Å². The van der Waals surface area contributed by atoms with Crippen LogP contribution >= 0.6 is 7.82 Å². The largest absolute Gasteiger partial charge is 0.472 e. The van der Waals surface area contributed by atoms with Crippen LogP contribution in [0.15, 0.2) is 12.2 Å². The number of carbonyl (C=O) groups is 1. The van der Waals surface area contributed by atoms with Gasteiger partial charge in [-0.25, -0.2) is 4.57 Å². The smallest absolute Gasteiger partial charge is 0.393 e. The number of rotatable bonds is 36. The van der Waals surface area contributed by atoms with Crippen LogP contribution in [0.5, 0.6) is 0 Å². The second-order valence-corrected chi connectivity index (χ2v) is 17.5. The van der Waals surface area contributed by atoms with E-state index in [1.807, 2.05) is 0 Å². The van der Waals surface area contributed by atoms with E-state index in [1.54, 1.807) is 0 Å². The van der Waals surface area contributed by atoms with E-state index in [1.165, 1.54) is 96.3 Å². The molecule has 1 amide bonds. The van der Waals surface area contributed by atoms with E-state index in [0.717, 1.165) is 44.9 Å². The molecule has 13 nitrogen and oxygen atoms in total. The van der Waals surface area contributed by atoms with Gasteiger partial charge in [0.1, 0.15) is 36.6 Å². The summed E-state index contributed by atoms with van der Waals surface area (Å²) in [6.07, 6.45) is 18.4. The summed E-state index contributed by atoms with van der Waals surface area (Å²) in [4.78, 5) is 23.4. The Morgan fingerprint density at radius 3 is 1.50 bits per heavy atom. The zero-order chi connectivity index (χ0) is 41.6. The topological polar surface area (TPSA) is 226 Å². The number of aliphatic hydroxyl groups excluding tert-OH is 7. The van der Waals surface area contributed by atoms with Crippen molar-refractivity contribution >= 4 is 13.7 Å². The third-order valence-corrected chi connectivity index (χ3v) is 11.9. The van der Waals surface area contributed by atoms with Crippen molar-refractivity contribution < 1.29 is 59.0 Å². The summed E-state index contributed by atoms with van der Waals surface area (Å²) in [7, 11) is -5.11. The number of allylic oxidation sites excluding steroid dienone is 2. The van der Waals surface area contributed by atoms with Crippen molar-refractivity contribution in [1.29, 1.82) is 0 Å². The monoisotopic (exact) mass is 824 g/mol. The first kappa shape index (κ1) is 53.1. The SMILES string of the molecule is CCCCCCCC/C=C\CCCC(O)CC(=O)NC(COP(=O)(O)OC1C(O)C(O)C(O)C(O)C1O)C(O)CCCCCCCCCCCCCCCCC. The van der Waals surface area contributed by atoms with E-state index in [4.69, 9.17) is 9.05 Å². The Labute approximate surface area is 338 Å². The Bertz CT molecular complexity index is 1020. The third-order valence-electron chi connectivity index (χ3n) is 10.9. The molecule has 1 fully saturated rings. The van der Waals surface area contributed by atoms with Crippen LogP contribution < -0.4 is 5.32 Å². The summed E-state index contributed by atoms with van der Waals surface area (Å²) in [5.41, 5.74) is 0. The minimum absolute atomic E-state index is 0.241. The Hall–Kier alpha value is -0.960. The average Bonchev–Trinajstić information content (AvgIpc) is 3.17. The van der Waals surface area contributed by atoms with Crippen LogP contribution in [-0.4, -0.2) is 108 Å². The molecule has 0 bridgehead atoms. The van der Waals surface area contributed by atoms with Crippen LogP contribution in [0, 0.1) is 0 Å². The highest BCUT2D eigenvalue weighted by Gasteiger charge is 2.51. The average molecular weight is 824 g/mol. The van der Waals surface area contributed by atoms with Gasteiger partial charge in [0.2, 0.25) is 5.91 Å². The molecule has 1 rings (SSSR count). The molecule has 8 unspecified atom stereocenters. The van der Waals surface area contributed by atoms with Gasteiger partial charge in [-0.15, -0.1) is 0 Å². The summed E-state index contributed by atoms with van der Waals surface area (Å²) in [6, 6.07) is -1.16. The molecule has 1 aliphatic rings. The van der Waals surface area contributed by atoms with E-state index in [-0.39, 0.29) is 12.8 Å². The van der Waals surface area contributed by atoms with Gasteiger partial charge in [-0.05, 0) is 38.5 Å². The summed E-state index contributed by atoms with van der Waals surface area (Å²) < 4.78 is 22.9. The van der Waals surface area contributed by atoms with Crippen LogP contribution in [0.1, 0.15) is 187 Å². The predicted molar refractivity (Wildman–Crippen MR) is 220 cm³/mol. The molecular formula is C42H82NO12P. The fourth-order valence-electron chi connectivity index (χ4n) is 7.19. The van der Waals surface area contributed by atoms with Crippen molar-refractivity contribution in [2.24, 2.45) is 0 Å². The molecule has 9 N–H and O–H groups in total. The maximum absolute atomic E-state index is 13.0. The Kier molecular flexibility index (Phi) is 31.1. The van der Waals surface area contributed by atoms with Crippen LogP contribution in [0.2, 0.25) is 0 Å². The van der Waals surface area contributed by atoms with Crippen molar-refractivity contribution in [3.63, 3.8) is 0 Å². The summed E-state index contributed by atoms with van der Waals surface area (Å²) >= 11 is 0. The quantitative estimate of drug-likeness (QED) is 0.0184. The summed E-state index contributed by atoms with van der Waals surface area (Å²) in [5, 5.41) is 74.4. The minimum atomic E-state index is -5.11. The van der Waals surface area contributed by atoms with Crippen molar-refractivity contribution in [3.8, 4) is 0 Å². The van der Waals surface area contributed by atoms with Crippen molar-refractivity contribution in [2.45, 2.75) is 242 Å². The standard InChI is InChI=1S/C42H82NO12P/c1-3-5-7-9-11-13-15-16-17-18-20-22-24-26-28-30-35(45)34(32-54-56(52,53)55-42-40(50)38(48)37(47)39(49)41(42)51)43-36(46)31-33(44)29-27-25-23-21-19-14-12-10-8-6-4-2/h21,23,33-35,37-42,44-45,47-51H,3-20,22,24-32H2,1-2H3,(H,43,46)(H,52,53)/b23-21-. The molecule has 0 radical (unpaired) electrons. The molecule has 0 heterocycles. The minimum Gasteiger partial charge on any atom is -0.393 e. The fraction of sp³-hybridized carbons (Fsp3) is 0.929. The molecule has 0 aromatic rings. The molecule has 0 aliphatic heterocycles. The molecule has 332 valence electrons. The second-order valence-electron chi connectivity index (χ2n) is 16.1. The molecule has 0 saturated heterocycles. The van der Waals surface area contributed by atoms with Crippen molar-refractivity contribution in [1.82, 2.24) is 5.32 Å². The number of unbranched alkanes of at least 4 members (excludes halogenated alkanes) is 21. The molecule has 0 spiro atoms. The normalized spacial score (nSPS) is 24.2. The predicted octanol–water partition coefficient (Wildman–Crippen LogP) is 6.64. The molecular weight excluding hydrogens is 741 g/mol. The number of carbonyl (C=O) groups excluding carboxylic acids is 1. The van der Waals surface area contributed by atoms with Gasteiger partial charge < -0.3 is 46.0 Å². The molecule has 0 aromatic heterocycles. The lowest BCUT2D eigenvalue weighted by Gasteiger charge is -2.41. The zero-order valence-corrected chi connectivity index (χ0v) is 35.7. The number of hydrogen-bond acceptors (Lipinski definition) is 11. The second kappa shape index (κ2) is 32.8. The van der Waals surface area contributed by atoms with Gasteiger partial charge in [-0.3, -0.25) is 13.8 Å². The van der Waals surface area contributed by atoms with Crippen molar-refractivity contribution in [2.75, 3.05) is 6.61 Å². The maximum atomic E-state index is 13.0. The Balaban J connectivity index is 2.57. The maximum Gasteiger partial charge on any atom is 0.472 e. The highest BCUT2D eigenvalue weighted by Crippen LogP contribution is 2.47. The third kappa shape index (κ3) is 24.8. The summed E-state index contributed by atoms with van der Waals surface area (Å²) in [6.45, 7) is 3.75. The zero-order valence-electron chi connectivity index (χ0n) is 34.8. The van der Waals surface area contributed by atoms with Gasteiger partial charge >= 0.3 is 7.82 Å². The number of hydrogen-bond donors (Lipinski definition) is 9. The van der Waals surface area contributed by atoms with Gasteiger partial charge in [0.25, 0.3) is 0 Å². The number of nitrogens with one attached hydrogen (secondary N) is 1. The van der Waals surface area contributed by atoms with Gasteiger partial charge in [0.05, 0.1) is 31.3 Å². The first-order valence-electron chi connectivity index (χ1n) is 22.2. The van der Waals surface area contributed by atoms with E-state index in [9.17, 15) is 50.0 Å². The van der Waals surface area contributed by atoms with Crippen LogP contribution in [0.25, 0.3) is 0 Å². The fourth-order valence-corrected chi connectivity index (χ4v) is 8.15. The summed E-state index contributed by atoms with van der Waals surface area (Å²) in [5.74, 6) is -0.577. The van der Waals surface area contributed by atoms with Crippen LogP contribution in [-0.2, 0) is 18.4 Å². The van der Waals surface area contributed by atoms with E-state index in [2.05, 4.69) is 31.3 Å². The first-order valence-corrected chi connectivity index (χ1v) is 23.7. The number of aliphatic hydroxyl groups is 7.